The van der Waals surface area contributed by atoms with Gasteiger partial charge < -0.3 is 0 Å². The summed E-state index contributed by atoms with van der Waals surface area (Å²) in [7, 11) is 0. The zero-order valence-corrected chi connectivity index (χ0v) is 16.6. The van der Waals surface area contributed by atoms with E-state index in [9.17, 15) is 9.65 Å². The molecule has 0 amide bonds. The Balaban J connectivity index is 1.97. The average Bonchev–Trinajstić information content (AvgIpc) is 2.65. The average molecular weight is 362 g/mol. The van der Waals surface area contributed by atoms with E-state index in [1.54, 1.807) is 12.1 Å². The summed E-state index contributed by atoms with van der Waals surface area (Å²) in [6.07, 6.45) is 11.9. The molecular weight excluding hydrogens is 333 g/mol. The Morgan fingerprint density at radius 1 is 1.33 bits per heavy atom. The number of hydrogen-bond acceptors (Lipinski definition) is 1. The van der Waals surface area contributed by atoms with Crippen molar-refractivity contribution in [2.75, 3.05) is 0 Å². The first-order valence-corrected chi connectivity index (χ1v) is 9.51. The van der Waals surface area contributed by atoms with E-state index in [1.165, 1.54) is 6.07 Å². The van der Waals surface area contributed by atoms with E-state index in [-0.39, 0.29) is 11.7 Å². The normalized spacial score (nSPS) is 17.8. The van der Waals surface area contributed by atoms with Crippen LogP contribution in [0.1, 0.15) is 45.6 Å². The molecule has 0 aliphatic heterocycles. The number of rotatable bonds is 7. The van der Waals surface area contributed by atoms with Gasteiger partial charge in [0.25, 0.3) is 0 Å². The number of hydrogen-bond donors (Lipinski definition) is 0. The third-order valence-corrected chi connectivity index (χ3v) is 5.08. The van der Waals surface area contributed by atoms with Crippen LogP contribution in [0.15, 0.2) is 83.0 Å². The molecule has 1 nitrogen and oxygen atoms in total. The van der Waals surface area contributed by atoms with Crippen molar-refractivity contribution in [3.05, 3.63) is 94.4 Å². The monoisotopic (exact) mass is 361 g/mol. The van der Waals surface area contributed by atoms with Gasteiger partial charge in [-0.2, -0.15) is 5.26 Å². The van der Waals surface area contributed by atoms with Gasteiger partial charge in [-0.15, -0.1) is 0 Å². The maximum absolute atomic E-state index is 13.2. The molecule has 1 atom stereocenters. The number of benzene rings is 1. The van der Waals surface area contributed by atoms with Gasteiger partial charge in [0.2, 0.25) is 0 Å². The van der Waals surface area contributed by atoms with Crippen LogP contribution in [0.2, 0.25) is 0 Å². The van der Waals surface area contributed by atoms with Crippen molar-refractivity contribution in [3.8, 4) is 6.07 Å². The third kappa shape index (κ3) is 5.93. The Kier molecular flexibility index (Phi) is 7.55. The number of nitrogens with zero attached hydrogens (tertiary/aromatic N) is 1. The molecule has 1 aromatic rings. The van der Waals surface area contributed by atoms with Crippen molar-refractivity contribution in [1.82, 2.24) is 0 Å². The van der Waals surface area contributed by atoms with E-state index in [4.69, 9.17) is 0 Å². The van der Waals surface area contributed by atoms with Crippen LogP contribution in [0.4, 0.5) is 4.39 Å². The minimum atomic E-state index is -0.180. The molecule has 1 aliphatic rings. The number of halogens is 1. The summed E-state index contributed by atoms with van der Waals surface area (Å²) in [6, 6.07) is 9.14. The third-order valence-electron chi connectivity index (χ3n) is 5.08. The topological polar surface area (TPSA) is 23.8 Å². The predicted octanol–water partition coefficient (Wildman–Crippen LogP) is 7.01. The van der Waals surface area contributed by atoms with Crippen LogP contribution in [0.5, 0.6) is 0 Å². The van der Waals surface area contributed by atoms with Gasteiger partial charge in [0, 0.05) is 5.57 Å². The van der Waals surface area contributed by atoms with Gasteiger partial charge in [0.05, 0.1) is 6.07 Å². The fourth-order valence-electron chi connectivity index (χ4n) is 3.23. The Morgan fingerprint density at radius 3 is 2.81 bits per heavy atom. The molecule has 0 fully saturated rings. The molecule has 1 aromatic carbocycles. The number of nitriles is 1. The first-order chi connectivity index (χ1) is 12.9. The Morgan fingerprint density at radius 2 is 2.11 bits per heavy atom. The Bertz CT molecular complexity index is 859. The van der Waals surface area contributed by atoms with Crippen LogP contribution in [0, 0.1) is 23.1 Å². The lowest BCUT2D eigenvalue weighted by Crippen LogP contribution is -2.04. The summed E-state index contributed by atoms with van der Waals surface area (Å²) >= 11 is 0. The van der Waals surface area contributed by atoms with Gasteiger partial charge in [-0.25, -0.2) is 4.39 Å². The van der Waals surface area contributed by atoms with Gasteiger partial charge in [0.15, 0.2) is 0 Å². The molecule has 0 heterocycles. The molecular formula is C25H28FN. The first kappa shape index (κ1) is 20.6. The minimum absolute atomic E-state index is 0.180. The minimum Gasteiger partial charge on any atom is -0.207 e. The molecule has 2 rings (SSSR count). The lowest BCUT2D eigenvalue weighted by atomic mass is 9.86. The summed E-state index contributed by atoms with van der Waals surface area (Å²) in [5.74, 6) is 0.0985. The van der Waals surface area contributed by atoms with Gasteiger partial charge in [-0.3, -0.25) is 0 Å². The Labute approximate surface area is 162 Å². The fourth-order valence-corrected chi connectivity index (χ4v) is 3.23. The molecule has 0 aromatic heterocycles. The quantitative estimate of drug-likeness (QED) is 0.479. The van der Waals surface area contributed by atoms with Crippen molar-refractivity contribution >= 4 is 0 Å². The van der Waals surface area contributed by atoms with E-state index in [2.05, 4.69) is 50.8 Å². The summed E-state index contributed by atoms with van der Waals surface area (Å²) in [5.41, 5.74) is 6.26. The summed E-state index contributed by atoms with van der Waals surface area (Å²) in [4.78, 5) is 0. The molecule has 140 valence electrons. The lowest BCUT2D eigenvalue weighted by molar-refractivity contribution is 0.624. The second-order valence-corrected chi connectivity index (χ2v) is 7.26. The molecule has 27 heavy (non-hydrogen) atoms. The highest BCUT2D eigenvalue weighted by Crippen LogP contribution is 2.29. The molecule has 0 spiro atoms. The molecule has 1 unspecified atom stereocenters. The van der Waals surface area contributed by atoms with Crippen LogP contribution in [0.25, 0.3) is 0 Å². The largest absolute Gasteiger partial charge is 0.207 e. The molecule has 0 radical (unpaired) electrons. The van der Waals surface area contributed by atoms with Crippen molar-refractivity contribution in [2.24, 2.45) is 5.92 Å². The van der Waals surface area contributed by atoms with Crippen LogP contribution >= 0.6 is 0 Å². The number of allylic oxidation sites excluding steroid dienone is 9. The van der Waals surface area contributed by atoms with Crippen molar-refractivity contribution < 1.29 is 4.39 Å². The SMILES string of the molecule is C=C(CCCc1cccc(F)c1)/C(C)=C\C=C(/C)C1=C(C#N)C(C)CC=C1. The molecule has 0 saturated carbocycles. The van der Waals surface area contributed by atoms with Crippen LogP contribution in [-0.2, 0) is 6.42 Å². The van der Waals surface area contributed by atoms with Crippen molar-refractivity contribution in [3.63, 3.8) is 0 Å². The molecule has 0 bridgehead atoms. The number of aryl methyl sites for hydroxylation is 1. The summed E-state index contributed by atoms with van der Waals surface area (Å²) in [6.45, 7) is 10.4. The van der Waals surface area contributed by atoms with Crippen molar-refractivity contribution in [2.45, 2.75) is 46.5 Å². The van der Waals surface area contributed by atoms with E-state index in [1.807, 2.05) is 13.0 Å². The predicted molar refractivity (Wildman–Crippen MR) is 112 cm³/mol. The van der Waals surface area contributed by atoms with Gasteiger partial charge in [0.1, 0.15) is 5.82 Å². The zero-order valence-electron chi connectivity index (χ0n) is 16.6. The van der Waals surface area contributed by atoms with Gasteiger partial charge in [-0.1, -0.05) is 55.5 Å². The zero-order chi connectivity index (χ0) is 19.8. The fraction of sp³-hybridized carbons (Fsp3) is 0.320. The van der Waals surface area contributed by atoms with E-state index >= 15 is 0 Å². The van der Waals surface area contributed by atoms with Crippen molar-refractivity contribution in [1.29, 1.82) is 5.26 Å². The highest BCUT2D eigenvalue weighted by Gasteiger charge is 2.16. The van der Waals surface area contributed by atoms with Crippen LogP contribution in [-0.4, -0.2) is 0 Å². The van der Waals surface area contributed by atoms with Gasteiger partial charge in [-0.05, 0) is 79.9 Å². The highest BCUT2D eigenvalue weighted by atomic mass is 19.1. The smallest absolute Gasteiger partial charge is 0.123 e. The summed E-state index contributed by atoms with van der Waals surface area (Å²) < 4.78 is 13.2. The lowest BCUT2D eigenvalue weighted by Gasteiger charge is -2.17. The first-order valence-electron chi connectivity index (χ1n) is 9.51. The summed E-state index contributed by atoms with van der Waals surface area (Å²) in [5, 5.41) is 9.43. The second kappa shape index (κ2) is 9.88. The Hall–Kier alpha value is -2.66. The standard InChI is InChI=1S/C25H28FN/c1-18(8-5-10-22-11-7-12-23(26)16-22)19(2)14-15-21(4)24-13-6-9-20(3)25(24)17-27/h6-7,11-16,20H,1,5,8-10H2,2-4H3/b19-14-,21-15+. The van der Waals surface area contributed by atoms with E-state index < -0.39 is 0 Å². The molecule has 0 N–H and O–H groups in total. The maximum atomic E-state index is 13.2. The molecule has 1 aliphatic carbocycles. The van der Waals surface area contributed by atoms with E-state index in [0.717, 1.165) is 59.1 Å². The molecule has 2 heteroatoms. The van der Waals surface area contributed by atoms with Crippen LogP contribution < -0.4 is 0 Å². The highest BCUT2D eigenvalue weighted by molar-refractivity contribution is 5.51. The molecule has 0 saturated heterocycles. The van der Waals surface area contributed by atoms with Crippen LogP contribution in [0.3, 0.4) is 0 Å². The van der Waals surface area contributed by atoms with E-state index in [0.29, 0.717) is 0 Å². The van der Waals surface area contributed by atoms with Gasteiger partial charge >= 0.3 is 0 Å². The second-order valence-electron chi connectivity index (χ2n) is 7.26. The maximum Gasteiger partial charge on any atom is 0.123 e.